The van der Waals surface area contributed by atoms with Crippen LogP contribution in [0, 0.1) is 13.8 Å². The van der Waals surface area contributed by atoms with Crippen LogP contribution in [0.25, 0.3) is 5.76 Å². The van der Waals surface area contributed by atoms with Crippen LogP contribution >= 0.6 is 0 Å². The van der Waals surface area contributed by atoms with Crippen molar-refractivity contribution in [1.29, 1.82) is 0 Å². The number of benzene rings is 1. The zero-order valence-electron chi connectivity index (χ0n) is 18.1. The molecule has 1 aliphatic rings. The highest BCUT2D eigenvalue weighted by molar-refractivity contribution is 6.46. The van der Waals surface area contributed by atoms with Crippen molar-refractivity contribution in [3.63, 3.8) is 0 Å². The molecule has 2 heterocycles. The van der Waals surface area contributed by atoms with Gasteiger partial charge in [0, 0.05) is 18.7 Å². The fourth-order valence-corrected chi connectivity index (χ4v) is 3.58. The van der Waals surface area contributed by atoms with Gasteiger partial charge in [-0.1, -0.05) is 0 Å². The molecule has 1 unspecified atom stereocenters. The van der Waals surface area contributed by atoms with Crippen LogP contribution in [-0.2, 0) is 9.59 Å². The molecule has 0 aliphatic carbocycles. The third-order valence-corrected chi connectivity index (χ3v) is 5.11. The number of hydrogen-bond acceptors (Lipinski definition) is 6. The molecule has 1 aromatic heterocycles. The van der Waals surface area contributed by atoms with Gasteiger partial charge in [-0.3, -0.25) is 9.59 Å². The highest BCUT2D eigenvalue weighted by atomic mass is 16.5. The number of aryl methyl sites for hydroxylation is 2. The standard InChI is InChI=1S/C23H28N2O5/c1-6-29-17-10-8-16(13-14(17)2)21(26)19-20(18-9-7-15(3)30-18)25(12-11-24(4)5)23(28)22(19)27/h7-10,13,20,26H,6,11-12H2,1-5H3/b21-19-. The topological polar surface area (TPSA) is 83.2 Å². The van der Waals surface area contributed by atoms with Gasteiger partial charge in [-0.15, -0.1) is 0 Å². The third kappa shape index (κ3) is 4.11. The molecule has 1 atom stereocenters. The number of hydrogen-bond donors (Lipinski definition) is 1. The Balaban J connectivity index is 2.10. The summed E-state index contributed by atoms with van der Waals surface area (Å²) in [5.74, 6) is 0.260. The van der Waals surface area contributed by atoms with Crippen molar-refractivity contribution in [2.24, 2.45) is 0 Å². The largest absolute Gasteiger partial charge is 0.507 e. The van der Waals surface area contributed by atoms with Crippen molar-refractivity contribution >= 4 is 17.4 Å². The summed E-state index contributed by atoms with van der Waals surface area (Å²) in [6.45, 7) is 7.00. The van der Waals surface area contributed by atoms with Crippen molar-refractivity contribution in [2.45, 2.75) is 26.8 Å². The van der Waals surface area contributed by atoms with Gasteiger partial charge in [0.2, 0.25) is 0 Å². The van der Waals surface area contributed by atoms with Crippen LogP contribution < -0.4 is 4.74 Å². The molecule has 1 fully saturated rings. The lowest BCUT2D eigenvalue weighted by atomic mass is 9.98. The Morgan fingerprint density at radius 2 is 1.93 bits per heavy atom. The molecule has 1 aromatic carbocycles. The normalized spacial score (nSPS) is 18.5. The average molecular weight is 412 g/mol. The van der Waals surface area contributed by atoms with E-state index in [1.165, 1.54) is 4.90 Å². The first-order valence-corrected chi connectivity index (χ1v) is 9.97. The van der Waals surface area contributed by atoms with Gasteiger partial charge < -0.3 is 24.1 Å². The summed E-state index contributed by atoms with van der Waals surface area (Å²) in [4.78, 5) is 29.1. The minimum Gasteiger partial charge on any atom is -0.507 e. The van der Waals surface area contributed by atoms with Crippen LogP contribution in [0.5, 0.6) is 5.75 Å². The Kier molecular flexibility index (Phi) is 6.31. The first kappa shape index (κ1) is 21.6. The zero-order valence-corrected chi connectivity index (χ0v) is 18.1. The molecule has 7 nitrogen and oxygen atoms in total. The maximum atomic E-state index is 12.9. The second-order valence-corrected chi connectivity index (χ2v) is 7.66. The fourth-order valence-electron chi connectivity index (χ4n) is 3.58. The van der Waals surface area contributed by atoms with Gasteiger partial charge in [-0.05, 0) is 70.8 Å². The van der Waals surface area contributed by atoms with E-state index in [9.17, 15) is 14.7 Å². The van der Waals surface area contributed by atoms with Crippen LogP contribution in [-0.4, -0.2) is 60.4 Å². The molecule has 7 heteroatoms. The lowest BCUT2D eigenvalue weighted by Gasteiger charge is -2.24. The maximum Gasteiger partial charge on any atom is 0.295 e. The summed E-state index contributed by atoms with van der Waals surface area (Å²) < 4.78 is 11.3. The van der Waals surface area contributed by atoms with Crippen LogP contribution in [0.2, 0.25) is 0 Å². The Hall–Kier alpha value is -3.06. The van der Waals surface area contributed by atoms with E-state index < -0.39 is 17.7 Å². The third-order valence-electron chi connectivity index (χ3n) is 5.11. The second-order valence-electron chi connectivity index (χ2n) is 7.66. The highest BCUT2D eigenvalue weighted by Gasteiger charge is 2.47. The predicted molar refractivity (Wildman–Crippen MR) is 113 cm³/mol. The predicted octanol–water partition coefficient (Wildman–Crippen LogP) is 3.28. The number of furan rings is 1. The van der Waals surface area contributed by atoms with Gasteiger partial charge in [0.05, 0.1) is 12.2 Å². The van der Waals surface area contributed by atoms with E-state index >= 15 is 0 Å². The van der Waals surface area contributed by atoms with E-state index in [1.54, 1.807) is 37.3 Å². The van der Waals surface area contributed by atoms with Crippen LogP contribution in [0.15, 0.2) is 40.3 Å². The van der Waals surface area contributed by atoms with E-state index in [0.29, 0.717) is 42.5 Å². The summed E-state index contributed by atoms with van der Waals surface area (Å²) in [6.07, 6.45) is 0. The highest BCUT2D eigenvalue weighted by Crippen LogP contribution is 2.40. The number of aliphatic hydroxyl groups is 1. The lowest BCUT2D eigenvalue weighted by Crippen LogP contribution is -2.35. The average Bonchev–Trinajstić information content (AvgIpc) is 3.23. The van der Waals surface area contributed by atoms with Gasteiger partial charge >= 0.3 is 0 Å². The van der Waals surface area contributed by atoms with Crippen molar-refractivity contribution < 1.29 is 23.8 Å². The van der Waals surface area contributed by atoms with E-state index in [-0.39, 0.29) is 11.3 Å². The van der Waals surface area contributed by atoms with Gasteiger partial charge in [-0.25, -0.2) is 0 Å². The molecule has 1 N–H and O–H groups in total. The molecule has 1 amide bonds. The van der Waals surface area contributed by atoms with Crippen LogP contribution in [0.4, 0.5) is 0 Å². The Morgan fingerprint density at radius 3 is 2.50 bits per heavy atom. The number of likely N-dealkylation sites (N-methyl/N-ethyl adjacent to an activating group) is 1. The SMILES string of the molecule is CCOc1ccc(/C(O)=C2/C(=O)C(=O)N(CCN(C)C)C2c2ccc(C)o2)cc1C. The minimum atomic E-state index is -0.773. The van der Waals surface area contributed by atoms with Gasteiger partial charge in [-0.2, -0.15) is 0 Å². The number of aliphatic hydroxyl groups excluding tert-OH is 1. The van der Waals surface area contributed by atoms with Crippen molar-refractivity contribution in [2.75, 3.05) is 33.8 Å². The van der Waals surface area contributed by atoms with Gasteiger partial charge in [0.1, 0.15) is 29.1 Å². The first-order valence-electron chi connectivity index (χ1n) is 9.97. The molecule has 2 aromatic rings. The van der Waals surface area contributed by atoms with Crippen LogP contribution in [0.3, 0.4) is 0 Å². The Morgan fingerprint density at radius 1 is 1.20 bits per heavy atom. The molecular formula is C23H28N2O5. The molecule has 0 bridgehead atoms. The number of ketones is 1. The number of amides is 1. The number of ether oxygens (including phenoxy) is 1. The summed E-state index contributed by atoms with van der Waals surface area (Å²) >= 11 is 0. The molecule has 1 saturated heterocycles. The van der Waals surface area contributed by atoms with Gasteiger partial charge in [0.25, 0.3) is 11.7 Å². The number of carbonyl (C=O) groups excluding carboxylic acids is 2. The molecule has 1 aliphatic heterocycles. The molecular weight excluding hydrogens is 384 g/mol. The molecule has 160 valence electrons. The summed E-state index contributed by atoms with van der Waals surface area (Å²) in [5, 5.41) is 11.1. The fraction of sp³-hybridized carbons (Fsp3) is 0.391. The van der Waals surface area contributed by atoms with Crippen molar-refractivity contribution in [3.05, 3.63) is 58.6 Å². The molecule has 0 spiro atoms. The lowest BCUT2D eigenvalue weighted by molar-refractivity contribution is -0.140. The number of rotatable bonds is 7. The Labute approximate surface area is 176 Å². The number of likely N-dealkylation sites (tertiary alicyclic amines) is 1. The number of Topliss-reactive ketones (excluding diaryl/α,β-unsaturated/α-hetero) is 1. The first-order chi connectivity index (χ1) is 14.2. The smallest absolute Gasteiger partial charge is 0.295 e. The molecule has 0 radical (unpaired) electrons. The summed E-state index contributed by atoms with van der Waals surface area (Å²) in [7, 11) is 3.79. The maximum absolute atomic E-state index is 12.9. The van der Waals surface area contributed by atoms with Crippen molar-refractivity contribution in [3.8, 4) is 5.75 Å². The monoisotopic (exact) mass is 412 g/mol. The van der Waals surface area contributed by atoms with E-state index in [0.717, 1.165) is 5.56 Å². The van der Waals surface area contributed by atoms with E-state index in [2.05, 4.69) is 0 Å². The molecule has 0 saturated carbocycles. The second kappa shape index (κ2) is 8.75. The quantitative estimate of drug-likeness (QED) is 0.427. The summed E-state index contributed by atoms with van der Waals surface area (Å²) in [5.41, 5.74) is 1.32. The number of nitrogens with zero attached hydrogens (tertiary/aromatic N) is 2. The summed E-state index contributed by atoms with van der Waals surface area (Å²) in [6, 6.07) is 7.93. The number of carbonyl (C=O) groups is 2. The van der Waals surface area contributed by atoms with Gasteiger partial charge in [0.15, 0.2) is 0 Å². The van der Waals surface area contributed by atoms with E-state index in [1.807, 2.05) is 32.8 Å². The van der Waals surface area contributed by atoms with Crippen molar-refractivity contribution in [1.82, 2.24) is 9.80 Å². The zero-order chi connectivity index (χ0) is 22.0. The minimum absolute atomic E-state index is 0.0386. The van der Waals surface area contributed by atoms with E-state index in [4.69, 9.17) is 9.15 Å². The molecule has 30 heavy (non-hydrogen) atoms. The van der Waals surface area contributed by atoms with Crippen LogP contribution in [0.1, 0.15) is 35.6 Å². The molecule has 3 rings (SSSR count). The Bertz CT molecular complexity index is 989.